The molecule has 0 aromatic carbocycles. The van der Waals surface area contributed by atoms with Gasteiger partial charge in [0.2, 0.25) is 5.91 Å². The zero-order valence-corrected chi connectivity index (χ0v) is 9.79. The first-order valence-electron chi connectivity index (χ1n) is 5.08. The van der Waals surface area contributed by atoms with Gasteiger partial charge in [-0.05, 0) is 20.8 Å². The molecule has 0 aliphatic rings. The largest absolute Gasteiger partial charge is 0.468 e. The van der Waals surface area contributed by atoms with Crippen LogP contribution in [0.1, 0.15) is 27.2 Å². The summed E-state index contributed by atoms with van der Waals surface area (Å²) in [7, 11) is 1.34. The van der Waals surface area contributed by atoms with E-state index in [0.29, 0.717) is 13.0 Å². The second-order valence-electron chi connectivity index (χ2n) is 3.67. The van der Waals surface area contributed by atoms with Gasteiger partial charge in [0.15, 0.2) is 0 Å². The van der Waals surface area contributed by atoms with E-state index in [4.69, 9.17) is 0 Å². The molecule has 88 valence electrons. The molecule has 1 amide bonds. The fraction of sp³-hybridized carbons (Fsp3) is 0.800. The van der Waals surface area contributed by atoms with Crippen LogP contribution in [0.15, 0.2) is 0 Å². The minimum absolute atomic E-state index is 0.0189. The van der Waals surface area contributed by atoms with Crippen LogP contribution in [0, 0.1) is 0 Å². The lowest BCUT2D eigenvalue weighted by Crippen LogP contribution is -2.38. The third-order valence-corrected chi connectivity index (χ3v) is 1.81. The van der Waals surface area contributed by atoms with Crippen LogP contribution in [0.25, 0.3) is 0 Å². The molecule has 1 atom stereocenters. The molecule has 0 rings (SSSR count). The van der Waals surface area contributed by atoms with Crippen LogP contribution in [0.3, 0.4) is 0 Å². The van der Waals surface area contributed by atoms with Crippen molar-refractivity contribution in [3.05, 3.63) is 0 Å². The minimum atomic E-state index is -0.373. The van der Waals surface area contributed by atoms with Crippen molar-refractivity contribution in [2.45, 2.75) is 39.3 Å². The van der Waals surface area contributed by atoms with Gasteiger partial charge in [-0.1, -0.05) is 0 Å². The molecule has 5 nitrogen and oxygen atoms in total. The van der Waals surface area contributed by atoms with Crippen molar-refractivity contribution in [3.8, 4) is 0 Å². The Kier molecular flexibility index (Phi) is 6.70. The lowest BCUT2D eigenvalue weighted by molar-refractivity contribution is -0.142. The maximum absolute atomic E-state index is 11.2. The van der Waals surface area contributed by atoms with Crippen LogP contribution < -0.4 is 10.6 Å². The molecule has 0 aliphatic carbocycles. The lowest BCUT2D eigenvalue weighted by atomic mass is 10.3. The van der Waals surface area contributed by atoms with E-state index in [2.05, 4.69) is 15.4 Å². The predicted octanol–water partition coefficient (Wildman–Crippen LogP) is 0.0522. The molecule has 0 bridgehead atoms. The number of methoxy groups -OCH3 is 1. The van der Waals surface area contributed by atoms with Crippen molar-refractivity contribution < 1.29 is 14.3 Å². The van der Waals surface area contributed by atoms with E-state index in [-0.39, 0.29) is 24.0 Å². The topological polar surface area (TPSA) is 67.4 Å². The molecule has 0 radical (unpaired) electrons. The van der Waals surface area contributed by atoms with Crippen molar-refractivity contribution >= 4 is 11.9 Å². The number of ether oxygens (including phenoxy) is 1. The van der Waals surface area contributed by atoms with E-state index in [1.807, 2.05) is 13.8 Å². The maximum atomic E-state index is 11.2. The summed E-state index contributed by atoms with van der Waals surface area (Å²) in [6.45, 7) is 5.98. The zero-order valence-electron chi connectivity index (χ0n) is 9.79. The van der Waals surface area contributed by atoms with Crippen LogP contribution in [0.5, 0.6) is 0 Å². The summed E-state index contributed by atoms with van der Waals surface area (Å²) in [6, 6.07) is -0.225. The Morgan fingerprint density at radius 2 is 1.87 bits per heavy atom. The van der Waals surface area contributed by atoms with Gasteiger partial charge >= 0.3 is 5.97 Å². The van der Waals surface area contributed by atoms with Crippen molar-refractivity contribution in [1.82, 2.24) is 10.6 Å². The lowest BCUT2D eigenvalue weighted by Gasteiger charge is -2.12. The molecule has 0 aliphatic heterocycles. The Morgan fingerprint density at radius 3 is 2.33 bits per heavy atom. The van der Waals surface area contributed by atoms with E-state index >= 15 is 0 Å². The van der Waals surface area contributed by atoms with Crippen molar-refractivity contribution in [1.29, 1.82) is 0 Å². The van der Waals surface area contributed by atoms with Crippen LogP contribution in [0.2, 0.25) is 0 Å². The van der Waals surface area contributed by atoms with E-state index in [0.717, 1.165) is 0 Å². The van der Waals surface area contributed by atoms with Gasteiger partial charge < -0.3 is 15.4 Å². The third-order valence-electron chi connectivity index (χ3n) is 1.81. The second kappa shape index (κ2) is 7.23. The quantitative estimate of drug-likeness (QED) is 0.616. The Labute approximate surface area is 90.6 Å². The van der Waals surface area contributed by atoms with E-state index in [1.165, 1.54) is 7.11 Å². The zero-order chi connectivity index (χ0) is 11.8. The fourth-order valence-corrected chi connectivity index (χ4v) is 1.06. The Bertz CT molecular complexity index is 217. The number of carbonyl (C=O) groups excluding carboxylic acids is 2. The fourth-order valence-electron chi connectivity index (χ4n) is 1.06. The van der Waals surface area contributed by atoms with Crippen molar-refractivity contribution in [2.24, 2.45) is 0 Å². The molecule has 5 heteroatoms. The van der Waals surface area contributed by atoms with Gasteiger partial charge in [0.1, 0.15) is 6.04 Å². The molecular formula is C10H20N2O3. The summed E-state index contributed by atoms with van der Waals surface area (Å²) in [4.78, 5) is 22.2. The smallest absolute Gasteiger partial charge is 0.322 e. The molecule has 0 spiro atoms. The van der Waals surface area contributed by atoms with Gasteiger partial charge in [0.05, 0.1) is 7.11 Å². The van der Waals surface area contributed by atoms with Crippen LogP contribution >= 0.6 is 0 Å². The van der Waals surface area contributed by atoms with Gasteiger partial charge in [0.25, 0.3) is 0 Å². The number of hydrogen-bond acceptors (Lipinski definition) is 4. The highest BCUT2D eigenvalue weighted by Crippen LogP contribution is 1.87. The molecule has 0 heterocycles. The summed E-state index contributed by atoms with van der Waals surface area (Å²) < 4.78 is 4.53. The summed E-state index contributed by atoms with van der Waals surface area (Å²) >= 11 is 0. The molecular weight excluding hydrogens is 196 g/mol. The highest BCUT2D eigenvalue weighted by atomic mass is 16.5. The molecule has 0 aromatic rings. The van der Waals surface area contributed by atoms with Gasteiger partial charge in [0, 0.05) is 19.0 Å². The number of esters is 1. The van der Waals surface area contributed by atoms with Gasteiger partial charge in [-0.3, -0.25) is 9.59 Å². The average molecular weight is 216 g/mol. The normalized spacial score (nSPS) is 12.3. The highest BCUT2D eigenvalue weighted by molar-refractivity contribution is 5.77. The van der Waals surface area contributed by atoms with E-state index in [1.54, 1.807) is 6.92 Å². The SMILES string of the molecule is COC(=O)C(C)NCCC(=O)NC(C)C. The average Bonchev–Trinajstić information content (AvgIpc) is 2.15. The Morgan fingerprint density at radius 1 is 1.27 bits per heavy atom. The van der Waals surface area contributed by atoms with Crippen molar-refractivity contribution in [3.63, 3.8) is 0 Å². The monoisotopic (exact) mass is 216 g/mol. The number of nitrogens with one attached hydrogen (secondary N) is 2. The molecule has 0 saturated carbocycles. The summed E-state index contributed by atoms with van der Waals surface area (Å²) in [6.07, 6.45) is 0.361. The second-order valence-corrected chi connectivity index (χ2v) is 3.67. The summed E-state index contributed by atoms with van der Waals surface area (Å²) in [5, 5.41) is 5.67. The molecule has 15 heavy (non-hydrogen) atoms. The first-order valence-corrected chi connectivity index (χ1v) is 5.08. The third kappa shape index (κ3) is 6.90. The Hall–Kier alpha value is -1.10. The van der Waals surface area contributed by atoms with Crippen LogP contribution in [-0.4, -0.2) is 37.6 Å². The number of amides is 1. The first kappa shape index (κ1) is 13.9. The standard InChI is InChI=1S/C10H20N2O3/c1-7(2)12-9(13)5-6-11-8(3)10(14)15-4/h7-8,11H,5-6H2,1-4H3,(H,12,13). The summed E-state index contributed by atoms with van der Waals surface area (Å²) in [5.74, 6) is -0.339. The number of hydrogen-bond donors (Lipinski definition) is 2. The number of carbonyl (C=O) groups is 2. The molecule has 0 aromatic heterocycles. The van der Waals surface area contributed by atoms with Crippen LogP contribution in [-0.2, 0) is 14.3 Å². The summed E-state index contributed by atoms with van der Waals surface area (Å²) in [5.41, 5.74) is 0. The van der Waals surface area contributed by atoms with Gasteiger partial charge in [-0.25, -0.2) is 0 Å². The molecule has 0 fully saturated rings. The molecule has 0 saturated heterocycles. The predicted molar refractivity (Wildman–Crippen MR) is 57.4 cm³/mol. The van der Waals surface area contributed by atoms with Gasteiger partial charge in [-0.2, -0.15) is 0 Å². The first-order chi connectivity index (χ1) is 6.97. The maximum Gasteiger partial charge on any atom is 0.322 e. The van der Waals surface area contributed by atoms with Crippen molar-refractivity contribution in [2.75, 3.05) is 13.7 Å². The molecule has 2 N–H and O–H groups in total. The van der Waals surface area contributed by atoms with E-state index in [9.17, 15) is 9.59 Å². The number of rotatable bonds is 6. The minimum Gasteiger partial charge on any atom is -0.468 e. The molecule has 1 unspecified atom stereocenters. The van der Waals surface area contributed by atoms with Crippen LogP contribution in [0.4, 0.5) is 0 Å². The highest BCUT2D eigenvalue weighted by Gasteiger charge is 2.12. The van der Waals surface area contributed by atoms with Gasteiger partial charge in [-0.15, -0.1) is 0 Å². The van der Waals surface area contributed by atoms with E-state index < -0.39 is 0 Å². The Balaban J connectivity index is 3.61.